The van der Waals surface area contributed by atoms with E-state index in [1.54, 1.807) is 0 Å². The van der Waals surface area contributed by atoms with Gasteiger partial charge in [-0.05, 0) is 50.9 Å². The van der Waals surface area contributed by atoms with Crippen molar-refractivity contribution in [3.63, 3.8) is 0 Å². The number of rotatable bonds is 11. The van der Waals surface area contributed by atoms with Crippen LogP contribution >= 0.6 is 0 Å². The molecule has 0 aromatic heterocycles. The molecule has 0 spiro atoms. The third-order valence-corrected chi connectivity index (χ3v) is 4.07. The van der Waals surface area contributed by atoms with E-state index in [1.165, 1.54) is 44.3 Å². The average molecular weight is 290 g/mol. The van der Waals surface area contributed by atoms with Crippen molar-refractivity contribution in [1.82, 2.24) is 10.2 Å². The minimum absolute atomic E-state index is 0.439. The molecule has 2 unspecified atom stereocenters. The highest BCUT2D eigenvalue weighted by atomic mass is 15.2. The fourth-order valence-corrected chi connectivity index (χ4v) is 3.16. The van der Waals surface area contributed by atoms with E-state index >= 15 is 0 Å². The second-order valence-electron chi connectivity index (χ2n) is 5.85. The maximum absolute atomic E-state index is 3.79. The number of nitrogens with one attached hydrogen (secondary N) is 1. The summed E-state index contributed by atoms with van der Waals surface area (Å²) in [6, 6.07) is 12.0. The van der Waals surface area contributed by atoms with Crippen molar-refractivity contribution >= 4 is 0 Å². The van der Waals surface area contributed by atoms with Crippen LogP contribution in [0.4, 0.5) is 0 Å². The molecule has 2 nitrogen and oxygen atoms in total. The Kier molecular flexibility index (Phi) is 9.36. The van der Waals surface area contributed by atoms with Crippen LogP contribution in [0.5, 0.6) is 0 Å². The van der Waals surface area contributed by atoms with Crippen molar-refractivity contribution in [3.05, 3.63) is 35.9 Å². The van der Waals surface area contributed by atoms with Crippen molar-refractivity contribution in [3.8, 4) is 0 Å². The van der Waals surface area contributed by atoms with Crippen LogP contribution in [-0.2, 0) is 0 Å². The molecule has 0 saturated carbocycles. The highest BCUT2D eigenvalue weighted by molar-refractivity contribution is 5.20. The molecule has 2 atom stereocenters. The first kappa shape index (κ1) is 18.2. The third kappa shape index (κ3) is 5.80. The first-order valence-corrected chi connectivity index (χ1v) is 8.80. The Morgan fingerprint density at radius 2 is 1.52 bits per heavy atom. The Bertz CT molecular complexity index is 344. The first-order chi connectivity index (χ1) is 10.3. The molecule has 0 radical (unpaired) electrons. The van der Waals surface area contributed by atoms with Gasteiger partial charge in [0.15, 0.2) is 0 Å². The lowest BCUT2D eigenvalue weighted by atomic mass is 9.95. The summed E-state index contributed by atoms with van der Waals surface area (Å²) in [7, 11) is 0. The Morgan fingerprint density at radius 1 is 0.905 bits per heavy atom. The van der Waals surface area contributed by atoms with Crippen LogP contribution in [0, 0.1) is 0 Å². The normalized spacial score (nSPS) is 14.3. The van der Waals surface area contributed by atoms with Gasteiger partial charge < -0.3 is 5.32 Å². The van der Waals surface area contributed by atoms with Gasteiger partial charge in [-0.2, -0.15) is 0 Å². The summed E-state index contributed by atoms with van der Waals surface area (Å²) < 4.78 is 0. The van der Waals surface area contributed by atoms with Crippen LogP contribution in [0.15, 0.2) is 30.3 Å². The van der Waals surface area contributed by atoms with Gasteiger partial charge >= 0.3 is 0 Å². The summed E-state index contributed by atoms with van der Waals surface area (Å²) in [6.45, 7) is 12.6. The van der Waals surface area contributed by atoms with Crippen molar-refractivity contribution in [2.75, 3.05) is 19.6 Å². The first-order valence-electron chi connectivity index (χ1n) is 8.80. The maximum Gasteiger partial charge on any atom is 0.0478 e. The summed E-state index contributed by atoms with van der Waals surface area (Å²) in [5.74, 6) is 0. The van der Waals surface area contributed by atoms with E-state index in [0.29, 0.717) is 12.1 Å². The molecule has 0 heterocycles. The summed E-state index contributed by atoms with van der Waals surface area (Å²) in [5, 5.41) is 3.79. The van der Waals surface area contributed by atoms with Gasteiger partial charge in [-0.3, -0.25) is 4.90 Å². The highest BCUT2D eigenvalue weighted by Crippen LogP contribution is 2.24. The minimum Gasteiger partial charge on any atom is -0.309 e. The third-order valence-electron chi connectivity index (χ3n) is 4.07. The number of nitrogens with zero attached hydrogens (tertiary/aromatic N) is 1. The van der Waals surface area contributed by atoms with E-state index in [2.05, 4.69) is 68.2 Å². The van der Waals surface area contributed by atoms with Gasteiger partial charge in [0.25, 0.3) is 0 Å². The molecule has 120 valence electrons. The molecule has 0 aliphatic heterocycles. The molecule has 2 heteroatoms. The van der Waals surface area contributed by atoms with Crippen LogP contribution in [0.2, 0.25) is 0 Å². The summed E-state index contributed by atoms with van der Waals surface area (Å²) in [5.41, 5.74) is 1.43. The average Bonchev–Trinajstić information content (AvgIpc) is 2.52. The van der Waals surface area contributed by atoms with E-state index in [1.807, 2.05) is 0 Å². The second-order valence-corrected chi connectivity index (χ2v) is 5.85. The molecule has 1 N–H and O–H groups in total. The fourth-order valence-electron chi connectivity index (χ4n) is 3.16. The van der Waals surface area contributed by atoms with Crippen molar-refractivity contribution in [2.45, 2.75) is 65.5 Å². The van der Waals surface area contributed by atoms with Crippen molar-refractivity contribution in [2.24, 2.45) is 0 Å². The van der Waals surface area contributed by atoms with Crippen LogP contribution in [-0.4, -0.2) is 30.6 Å². The molecule has 1 aromatic carbocycles. The van der Waals surface area contributed by atoms with Crippen molar-refractivity contribution < 1.29 is 0 Å². The number of hydrogen-bond acceptors (Lipinski definition) is 2. The van der Waals surface area contributed by atoms with E-state index < -0.39 is 0 Å². The van der Waals surface area contributed by atoms with E-state index in [0.717, 1.165) is 6.54 Å². The van der Waals surface area contributed by atoms with Gasteiger partial charge in [-0.15, -0.1) is 0 Å². The standard InChI is InChI=1S/C19H34N2/c1-5-14-20-19(17-12-10-9-11-13-17)18(8-4)21(15-6-2)16-7-3/h9-13,18-20H,5-8,14-16H2,1-4H3. The van der Waals surface area contributed by atoms with E-state index in [9.17, 15) is 0 Å². The topological polar surface area (TPSA) is 15.3 Å². The minimum atomic E-state index is 0.439. The fraction of sp³-hybridized carbons (Fsp3) is 0.684. The van der Waals surface area contributed by atoms with Gasteiger partial charge in [-0.1, -0.05) is 58.0 Å². The predicted molar refractivity (Wildman–Crippen MR) is 93.7 cm³/mol. The zero-order valence-electron chi connectivity index (χ0n) is 14.4. The van der Waals surface area contributed by atoms with E-state index in [4.69, 9.17) is 0 Å². The number of hydrogen-bond donors (Lipinski definition) is 1. The summed E-state index contributed by atoms with van der Waals surface area (Å²) >= 11 is 0. The monoisotopic (exact) mass is 290 g/mol. The maximum atomic E-state index is 3.79. The molecule has 0 saturated heterocycles. The second kappa shape index (κ2) is 10.8. The Balaban J connectivity index is 2.95. The van der Waals surface area contributed by atoms with Crippen LogP contribution in [0.1, 0.15) is 65.0 Å². The molecule has 21 heavy (non-hydrogen) atoms. The zero-order chi connectivity index (χ0) is 15.5. The molecule has 1 rings (SSSR count). The molecule has 0 fully saturated rings. The largest absolute Gasteiger partial charge is 0.309 e. The van der Waals surface area contributed by atoms with Gasteiger partial charge in [-0.25, -0.2) is 0 Å². The molecule has 0 amide bonds. The zero-order valence-corrected chi connectivity index (χ0v) is 14.4. The van der Waals surface area contributed by atoms with Gasteiger partial charge in [0, 0.05) is 12.1 Å². The lowest BCUT2D eigenvalue weighted by Gasteiger charge is -2.37. The SMILES string of the molecule is CCCNC(c1ccccc1)C(CC)N(CCC)CCC. The molecular weight excluding hydrogens is 256 g/mol. The van der Waals surface area contributed by atoms with E-state index in [-0.39, 0.29) is 0 Å². The van der Waals surface area contributed by atoms with Gasteiger partial charge in [0.1, 0.15) is 0 Å². The number of benzene rings is 1. The molecule has 0 bridgehead atoms. The Hall–Kier alpha value is -0.860. The summed E-state index contributed by atoms with van der Waals surface area (Å²) in [6.07, 6.45) is 4.83. The Labute approximate surface area is 131 Å². The Morgan fingerprint density at radius 3 is 2.00 bits per heavy atom. The predicted octanol–water partition coefficient (Wildman–Crippen LogP) is 4.63. The quantitative estimate of drug-likeness (QED) is 0.639. The van der Waals surface area contributed by atoms with Gasteiger partial charge in [0.2, 0.25) is 0 Å². The summed E-state index contributed by atoms with van der Waals surface area (Å²) in [4.78, 5) is 2.68. The molecule has 1 aromatic rings. The molecule has 0 aliphatic carbocycles. The van der Waals surface area contributed by atoms with Crippen LogP contribution < -0.4 is 5.32 Å². The molecule has 0 aliphatic rings. The van der Waals surface area contributed by atoms with Crippen molar-refractivity contribution in [1.29, 1.82) is 0 Å². The van der Waals surface area contributed by atoms with Crippen LogP contribution in [0.25, 0.3) is 0 Å². The van der Waals surface area contributed by atoms with Gasteiger partial charge in [0.05, 0.1) is 0 Å². The lowest BCUT2D eigenvalue weighted by Crippen LogP contribution is -2.45. The molecular formula is C19H34N2. The highest BCUT2D eigenvalue weighted by Gasteiger charge is 2.25. The van der Waals surface area contributed by atoms with Crippen LogP contribution in [0.3, 0.4) is 0 Å². The lowest BCUT2D eigenvalue weighted by molar-refractivity contribution is 0.151. The smallest absolute Gasteiger partial charge is 0.0478 e.